The Morgan fingerprint density at radius 3 is 2.77 bits per heavy atom. The summed E-state index contributed by atoms with van der Waals surface area (Å²) < 4.78 is 23.1. The summed E-state index contributed by atoms with van der Waals surface area (Å²) in [6.45, 7) is 3.90. The Labute approximate surface area is 129 Å². The van der Waals surface area contributed by atoms with E-state index in [2.05, 4.69) is 25.9 Å². The molecule has 1 fully saturated rings. The van der Waals surface area contributed by atoms with Crippen molar-refractivity contribution in [2.45, 2.75) is 32.4 Å². The first-order valence-corrected chi connectivity index (χ1v) is 9.07. The molecule has 0 radical (unpaired) electrons. The van der Waals surface area contributed by atoms with Gasteiger partial charge in [0, 0.05) is 6.04 Å². The summed E-state index contributed by atoms with van der Waals surface area (Å²) in [5.74, 6) is 1.26. The number of amides is 1. The van der Waals surface area contributed by atoms with Crippen LogP contribution in [0.4, 0.5) is 17.3 Å². The van der Waals surface area contributed by atoms with E-state index < -0.39 is 9.84 Å². The molecule has 2 aliphatic heterocycles. The van der Waals surface area contributed by atoms with E-state index in [0.717, 1.165) is 0 Å². The first-order valence-electron chi connectivity index (χ1n) is 7.25. The topological polar surface area (TPSA) is 113 Å². The maximum Gasteiger partial charge on any atom is 0.247 e. The fourth-order valence-electron chi connectivity index (χ4n) is 2.71. The summed E-state index contributed by atoms with van der Waals surface area (Å²) in [7, 11) is -2.98. The van der Waals surface area contributed by atoms with Gasteiger partial charge in [-0.2, -0.15) is 0 Å². The highest BCUT2D eigenvalue weighted by molar-refractivity contribution is 7.91. The van der Waals surface area contributed by atoms with Crippen molar-refractivity contribution in [1.29, 1.82) is 0 Å². The lowest BCUT2D eigenvalue weighted by molar-refractivity contribution is -0.117. The molecule has 0 saturated carbocycles. The second-order valence-electron chi connectivity index (χ2n) is 6.05. The minimum absolute atomic E-state index is 0.0851. The molecular weight excluding hydrogens is 306 g/mol. The zero-order valence-electron chi connectivity index (χ0n) is 12.5. The van der Waals surface area contributed by atoms with Crippen LogP contribution in [0.15, 0.2) is 6.33 Å². The van der Waals surface area contributed by atoms with E-state index in [0.29, 0.717) is 23.7 Å². The van der Waals surface area contributed by atoms with E-state index in [1.54, 1.807) is 0 Å². The number of anilines is 3. The van der Waals surface area contributed by atoms with Gasteiger partial charge in [-0.1, -0.05) is 13.8 Å². The van der Waals surface area contributed by atoms with Crippen LogP contribution in [-0.2, 0) is 14.6 Å². The van der Waals surface area contributed by atoms with Gasteiger partial charge in [0.15, 0.2) is 21.5 Å². The molecule has 9 heteroatoms. The van der Waals surface area contributed by atoms with Crippen molar-refractivity contribution in [3.8, 4) is 0 Å². The molecule has 1 aromatic rings. The Hall–Kier alpha value is -1.90. The van der Waals surface area contributed by atoms with E-state index in [1.807, 2.05) is 13.8 Å². The van der Waals surface area contributed by atoms with Gasteiger partial charge in [0.1, 0.15) is 18.1 Å². The summed E-state index contributed by atoms with van der Waals surface area (Å²) in [4.78, 5) is 20.4. The number of fused-ring (bicyclic) bond motifs is 1. The maximum atomic E-state index is 12.1. The van der Waals surface area contributed by atoms with Crippen LogP contribution in [0, 0.1) is 5.92 Å². The van der Waals surface area contributed by atoms with Crippen molar-refractivity contribution in [3.63, 3.8) is 0 Å². The highest BCUT2D eigenvalue weighted by atomic mass is 32.2. The predicted molar refractivity (Wildman–Crippen MR) is 83.6 cm³/mol. The van der Waals surface area contributed by atoms with Crippen molar-refractivity contribution in [2.75, 3.05) is 27.5 Å². The Morgan fingerprint density at radius 1 is 1.36 bits per heavy atom. The molecule has 3 rings (SSSR count). The monoisotopic (exact) mass is 325 g/mol. The van der Waals surface area contributed by atoms with E-state index in [4.69, 9.17) is 0 Å². The second-order valence-corrected chi connectivity index (χ2v) is 8.27. The average molecular weight is 325 g/mol. The number of nitrogens with one attached hydrogen (secondary N) is 3. The van der Waals surface area contributed by atoms with Gasteiger partial charge in [0.05, 0.1) is 11.5 Å². The third kappa shape index (κ3) is 2.85. The minimum atomic E-state index is -2.98. The number of carbonyl (C=O) groups excluding carboxylic acids is 1. The average Bonchev–Trinajstić information content (AvgIpc) is 2.78. The second kappa shape index (κ2) is 5.38. The molecular formula is C13H19N5O3S. The normalized spacial score (nSPS) is 26.2. The number of rotatable bonds is 3. The number of carbonyl (C=O) groups is 1. The van der Waals surface area contributed by atoms with Gasteiger partial charge >= 0.3 is 0 Å². The largest absolute Gasteiger partial charge is 0.364 e. The van der Waals surface area contributed by atoms with E-state index in [1.165, 1.54) is 6.33 Å². The highest BCUT2D eigenvalue weighted by Crippen LogP contribution is 2.32. The lowest BCUT2D eigenvalue weighted by Gasteiger charge is -2.29. The standard InChI is InChI=1S/C13H19N5O3S/c1-7(2)9-13(19)18-10-11(14-6-15-12(10)17-9)16-8-3-4-22(20,21)5-8/h6-9H,3-5H2,1-2H3,(H,18,19)(H2,14,15,16,17). The van der Waals surface area contributed by atoms with Gasteiger partial charge in [-0.05, 0) is 12.3 Å². The zero-order valence-corrected chi connectivity index (χ0v) is 13.3. The van der Waals surface area contributed by atoms with Crippen molar-refractivity contribution >= 4 is 33.1 Å². The van der Waals surface area contributed by atoms with E-state index in [9.17, 15) is 13.2 Å². The maximum absolute atomic E-state index is 12.1. The summed E-state index contributed by atoms with van der Waals surface area (Å²) in [5, 5.41) is 9.03. The summed E-state index contributed by atoms with van der Waals surface area (Å²) in [5.41, 5.74) is 0.480. The molecule has 8 nitrogen and oxygen atoms in total. The van der Waals surface area contributed by atoms with Gasteiger partial charge < -0.3 is 16.0 Å². The van der Waals surface area contributed by atoms with E-state index >= 15 is 0 Å². The lowest BCUT2D eigenvalue weighted by atomic mass is 10.0. The third-order valence-corrected chi connectivity index (χ3v) is 5.68. The molecule has 0 bridgehead atoms. The number of aromatic nitrogens is 2. The van der Waals surface area contributed by atoms with Gasteiger partial charge in [-0.25, -0.2) is 18.4 Å². The van der Waals surface area contributed by atoms with Crippen molar-refractivity contribution in [1.82, 2.24) is 9.97 Å². The highest BCUT2D eigenvalue weighted by Gasteiger charge is 2.33. The van der Waals surface area contributed by atoms with Crippen LogP contribution in [0.2, 0.25) is 0 Å². The Morgan fingerprint density at radius 2 is 2.14 bits per heavy atom. The Bertz CT molecular complexity index is 704. The molecule has 1 saturated heterocycles. The molecule has 120 valence electrons. The van der Waals surface area contributed by atoms with Gasteiger partial charge in [0.2, 0.25) is 5.91 Å². The minimum Gasteiger partial charge on any atom is -0.364 e. The van der Waals surface area contributed by atoms with Crippen LogP contribution in [-0.4, -0.2) is 47.9 Å². The molecule has 0 aliphatic carbocycles. The van der Waals surface area contributed by atoms with Crippen molar-refractivity contribution in [3.05, 3.63) is 6.33 Å². The first-order chi connectivity index (χ1) is 10.4. The van der Waals surface area contributed by atoms with Crippen LogP contribution >= 0.6 is 0 Å². The molecule has 0 spiro atoms. The predicted octanol–water partition coefficient (Wildman–Crippen LogP) is 0.464. The van der Waals surface area contributed by atoms with Gasteiger partial charge in [-0.15, -0.1) is 0 Å². The molecule has 2 atom stereocenters. The number of nitrogens with zero attached hydrogens (tertiary/aromatic N) is 2. The molecule has 2 aliphatic rings. The Kier molecular flexibility index (Phi) is 3.67. The van der Waals surface area contributed by atoms with Crippen molar-refractivity contribution in [2.24, 2.45) is 5.92 Å². The molecule has 22 heavy (non-hydrogen) atoms. The number of hydrogen-bond donors (Lipinski definition) is 3. The first kappa shape index (κ1) is 15.0. The lowest BCUT2D eigenvalue weighted by Crippen LogP contribution is -2.43. The molecule has 1 aromatic heterocycles. The third-order valence-electron chi connectivity index (χ3n) is 3.91. The molecule has 1 amide bonds. The van der Waals surface area contributed by atoms with Crippen LogP contribution < -0.4 is 16.0 Å². The quantitative estimate of drug-likeness (QED) is 0.740. The fraction of sp³-hybridized carbons (Fsp3) is 0.615. The number of sulfone groups is 1. The van der Waals surface area contributed by atoms with Crippen LogP contribution in [0.1, 0.15) is 20.3 Å². The van der Waals surface area contributed by atoms with Crippen LogP contribution in [0.25, 0.3) is 0 Å². The summed E-state index contributed by atoms with van der Waals surface area (Å²) >= 11 is 0. The molecule has 3 heterocycles. The van der Waals surface area contributed by atoms with Crippen LogP contribution in [0.5, 0.6) is 0 Å². The van der Waals surface area contributed by atoms with Crippen LogP contribution in [0.3, 0.4) is 0 Å². The van der Waals surface area contributed by atoms with Gasteiger partial charge in [0.25, 0.3) is 0 Å². The van der Waals surface area contributed by atoms with Crippen molar-refractivity contribution < 1.29 is 13.2 Å². The van der Waals surface area contributed by atoms with Gasteiger partial charge in [-0.3, -0.25) is 4.79 Å². The molecule has 3 N–H and O–H groups in total. The number of hydrogen-bond acceptors (Lipinski definition) is 7. The fourth-order valence-corrected chi connectivity index (χ4v) is 4.38. The Balaban J connectivity index is 1.84. The smallest absolute Gasteiger partial charge is 0.247 e. The SMILES string of the molecule is CC(C)C1Nc2ncnc(NC3CCS(=O)(=O)C3)c2NC1=O. The summed E-state index contributed by atoms with van der Waals surface area (Å²) in [6.07, 6.45) is 1.93. The zero-order chi connectivity index (χ0) is 15.9. The summed E-state index contributed by atoms with van der Waals surface area (Å²) in [6, 6.07) is -0.536. The van der Waals surface area contributed by atoms with E-state index in [-0.39, 0.29) is 35.4 Å². The molecule has 0 aromatic carbocycles. The molecule has 2 unspecified atom stereocenters.